The summed E-state index contributed by atoms with van der Waals surface area (Å²) in [6.07, 6.45) is 1.17. The van der Waals surface area contributed by atoms with Gasteiger partial charge in [-0.3, -0.25) is 0 Å². The van der Waals surface area contributed by atoms with Gasteiger partial charge in [0, 0.05) is 29.7 Å². The second-order valence-electron chi connectivity index (χ2n) is 7.91. The van der Waals surface area contributed by atoms with E-state index in [0.29, 0.717) is 6.04 Å². The minimum absolute atomic E-state index is 0.0703. The molecule has 126 valence electrons. The zero-order chi connectivity index (χ0) is 16.9. The van der Waals surface area contributed by atoms with E-state index in [-0.39, 0.29) is 5.54 Å². The molecule has 0 radical (unpaired) electrons. The molecule has 2 aromatic carbocycles. The lowest BCUT2D eigenvalue weighted by molar-refractivity contribution is -0.996. The highest BCUT2D eigenvalue weighted by molar-refractivity contribution is 5.51. The molecule has 2 aliphatic heterocycles. The molecule has 2 heteroatoms. The summed E-state index contributed by atoms with van der Waals surface area (Å²) in [5.74, 6) is 0. The number of hydrogen-bond donors (Lipinski definition) is 0. The van der Waals surface area contributed by atoms with Crippen LogP contribution in [-0.2, 0) is 12.0 Å². The maximum absolute atomic E-state index is 2.50. The first-order valence-corrected chi connectivity index (χ1v) is 9.24. The standard InChI is InChI=1S/C22H29N2/c1-5-24(15-14-23(3)4)21-16-17-10-6-8-12-19(17)22(24,2)20-13-9-7-11-18(20)21/h6-13,21H,5,14-16H2,1-4H3/q+1/t21-,22+,24-/m1/s1. The first-order chi connectivity index (χ1) is 11.5. The second-order valence-corrected chi connectivity index (χ2v) is 7.91. The Hall–Kier alpha value is -1.64. The fourth-order valence-corrected chi connectivity index (χ4v) is 5.55. The molecule has 0 N–H and O–H groups in total. The van der Waals surface area contributed by atoms with Crippen LogP contribution in [0.2, 0.25) is 0 Å². The highest BCUT2D eigenvalue weighted by atomic mass is 15.5. The van der Waals surface area contributed by atoms with Crippen LogP contribution < -0.4 is 0 Å². The first kappa shape index (κ1) is 15.9. The summed E-state index contributed by atoms with van der Waals surface area (Å²) < 4.78 is 1.17. The number of rotatable bonds is 4. The molecule has 0 fully saturated rings. The van der Waals surface area contributed by atoms with Crippen LogP contribution in [0.5, 0.6) is 0 Å². The van der Waals surface area contributed by atoms with Gasteiger partial charge in [0.05, 0.1) is 13.1 Å². The third-order valence-electron chi connectivity index (χ3n) is 6.80. The molecule has 2 aromatic rings. The van der Waals surface area contributed by atoms with E-state index in [1.807, 2.05) is 0 Å². The van der Waals surface area contributed by atoms with Crippen LogP contribution in [0.1, 0.15) is 42.1 Å². The molecule has 0 aliphatic carbocycles. The van der Waals surface area contributed by atoms with Gasteiger partial charge in [0.1, 0.15) is 11.6 Å². The first-order valence-electron chi connectivity index (χ1n) is 9.24. The van der Waals surface area contributed by atoms with E-state index in [9.17, 15) is 0 Å². The van der Waals surface area contributed by atoms with Crippen LogP contribution in [0, 0.1) is 0 Å². The Morgan fingerprint density at radius 1 is 1.04 bits per heavy atom. The van der Waals surface area contributed by atoms with Gasteiger partial charge in [-0.2, -0.15) is 0 Å². The molecule has 0 saturated heterocycles. The molecule has 0 spiro atoms. The molecule has 24 heavy (non-hydrogen) atoms. The summed E-state index contributed by atoms with van der Waals surface area (Å²) in [6, 6.07) is 19.0. The molecule has 3 atom stereocenters. The zero-order valence-corrected chi connectivity index (χ0v) is 15.4. The highest BCUT2D eigenvalue weighted by Crippen LogP contribution is 2.60. The Balaban J connectivity index is 1.97. The molecule has 0 unspecified atom stereocenters. The van der Waals surface area contributed by atoms with Crippen molar-refractivity contribution in [3.63, 3.8) is 0 Å². The van der Waals surface area contributed by atoms with E-state index in [1.165, 1.54) is 24.0 Å². The molecule has 2 nitrogen and oxygen atoms in total. The molecule has 0 aromatic heterocycles. The molecule has 2 heterocycles. The third-order valence-corrected chi connectivity index (χ3v) is 6.80. The van der Waals surface area contributed by atoms with Gasteiger partial charge in [-0.15, -0.1) is 0 Å². The molecule has 2 bridgehead atoms. The zero-order valence-electron chi connectivity index (χ0n) is 15.4. The Labute approximate surface area is 146 Å². The monoisotopic (exact) mass is 321 g/mol. The van der Waals surface area contributed by atoms with Crippen molar-refractivity contribution >= 4 is 0 Å². The van der Waals surface area contributed by atoms with Gasteiger partial charge in [-0.25, -0.2) is 0 Å². The maximum Gasteiger partial charge on any atom is 0.149 e. The van der Waals surface area contributed by atoms with E-state index < -0.39 is 0 Å². The number of hydrogen-bond acceptors (Lipinski definition) is 1. The van der Waals surface area contributed by atoms with Crippen molar-refractivity contribution in [3.8, 4) is 0 Å². The number of nitrogens with zero attached hydrogens (tertiary/aromatic N) is 2. The van der Waals surface area contributed by atoms with Gasteiger partial charge in [0.25, 0.3) is 0 Å². The van der Waals surface area contributed by atoms with E-state index >= 15 is 0 Å². The van der Waals surface area contributed by atoms with E-state index in [1.54, 1.807) is 22.3 Å². The Bertz CT molecular complexity index is 753. The van der Waals surface area contributed by atoms with Crippen LogP contribution in [0.15, 0.2) is 48.5 Å². The number of fused-ring (bicyclic) bond motifs is 7. The summed E-state index contributed by atoms with van der Waals surface area (Å²) >= 11 is 0. The normalized spacial score (nSPS) is 30.3. The van der Waals surface area contributed by atoms with Gasteiger partial charge in [-0.1, -0.05) is 48.5 Å². The summed E-state index contributed by atoms with van der Waals surface area (Å²) in [4.78, 5) is 2.34. The van der Waals surface area contributed by atoms with E-state index in [2.05, 4.69) is 81.4 Å². The minimum atomic E-state index is 0.0703. The molecular formula is C22H29N2+. The largest absolute Gasteiger partial charge is 0.304 e. The lowest BCUT2D eigenvalue weighted by Crippen LogP contribution is -2.63. The average molecular weight is 321 g/mol. The van der Waals surface area contributed by atoms with E-state index in [0.717, 1.165) is 6.54 Å². The third kappa shape index (κ3) is 1.84. The van der Waals surface area contributed by atoms with Crippen molar-refractivity contribution in [1.82, 2.24) is 4.90 Å². The predicted molar refractivity (Wildman–Crippen MR) is 100 cm³/mol. The minimum Gasteiger partial charge on any atom is -0.304 e. The quantitative estimate of drug-likeness (QED) is 0.771. The molecule has 2 aliphatic rings. The van der Waals surface area contributed by atoms with Crippen LogP contribution in [0.4, 0.5) is 0 Å². The van der Waals surface area contributed by atoms with Gasteiger partial charge in [-0.05, 0) is 33.5 Å². The predicted octanol–water partition coefficient (Wildman–Crippen LogP) is 3.96. The second kappa shape index (κ2) is 5.44. The molecule has 4 rings (SSSR count). The Kier molecular flexibility index (Phi) is 3.59. The van der Waals surface area contributed by atoms with Crippen molar-refractivity contribution in [3.05, 3.63) is 70.8 Å². The van der Waals surface area contributed by atoms with Gasteiger partial charge in [0.2, 0.25) is 0 Å². The fourth-order valence-electron chi connectivity index (χ4n) is 5.55. The lowest BCUT2D eigenvalue weighted by Gasteiger charge is -2.54. The maximum atomic E-state index is 2.50. The van der Waals surface area contributed by atoms with Gasteiger partial charge < -0.3 is 9.38 Å². The molecule has 0 amide bonds. The van der Waals surface area contributed by atoms with Crippen LogP contribution in [-0.4, -0.2) is 43.1 Å². The van der Waals surface area contributed by atoms with Crippen molar-refractivity contribution < 1.29 is 4.48 Å². The van der Waals surface area contributed by atoms with Crippen LogP contribution in [0.3, 0.4) is 0 Å². The van der Waals surface area contributed by atoms with Crippen molar-refractivity contribution in [2.75, 3.05) is 33.7 Å². The Morgan fingerprint density at radius 3 is 2.42 bits per heavy atom. The van der Waals surface area contributed by atoms with E-state index in [4.69, 9.17) is 0 Å². The van der Waals surface area contributed by atoms with Crippen molar-refractivity contribution in [2.24, 2.45) is 0 Å². The van der Waals surface area contributed by atoms with Crippen molar-refractivity contribution in [2.45, 2.75) is 31.8 Å². The summed E-state index contributed by atoms with van der Waals surface area (Å²) in [6.45, 7) is 8.41. The number of likely N-dealkylation sites (N-methyl/N-ethyl adjacent to an activating group) is 2. The van der Waals surface area contributed by atoms with Crippen LogP contribution in [0.25, 0.3) is 0 Å². The molecular weight excluding hydrogens is 292 g/mol. The smallest absolute Gasteiger partial charge is 0.149 e. The average Bonchev–Trinajstić information content (AvgIpc) is 2.73. The molecule has 0 saturated carbocycles. The number of benzene rings is 2. The summed E-state index contributed by atoms with van der Waals surface area (Å²) in [5, 5.41) is 0. The topological polar surface area (TPSA) is 3.24 Å². The number of quaternary nitrogens is 1. The SMILES string of the molecule is CC[N@@+]1(CCN(C)C)[C@@H]2Cc3ccccc3[C@@]1(C)c1ccccc12. The highest BCUT2D eigenvalue weighted by Gasteiger charge is 2.63. The lowest BCUT2D eigenvalue weighted by atomic mass is 9.78. The summed E-state index contributed by atoms with van der Waals surface area (Å²) in [5.41, 5.74) is 6.30. The van der Waals surface area contributed by atoms with Crippen molar-refractivity contribution in [1.29, 1.82) is 0 Å². The van der Waals surface area contributed by atoms with Gasteiger partial charge in [0.15, 0.2) is 0 Å². The fraction of sp³-hybridized carbons (Fsp3) is 0.455. The van der Waals surface area contributed by atoms with Crippen LogP contribution >= 0.6 is 0 Å². The van der Waals surface area contributed by atoms with Gasteiger partial charge >= 0.3 is 0 Å². The Morgan fingerprint density at radius 2 is 1.71 bits per heavy atom. The summed E-state index contributed by atoms with van der Waals surface area (Å²) in [7, 11) is 4.39.